The highest BCUT2D eigenvalue weighted by Gasteiger charge is 2.13. The van der Waals surface area contributed by atoms with Crippen LogP contribution in [0.25, 0.3) is 0 Å². The van der Waals surface area contributed by atoms with Crippen LogP contribution < -0.4 is 10.1 Å². The molecule has 0 unspecified atom stereocenters. The second-order valence-corrected chi connectivity index (χ2v) is 4.54. The average molecular weight is 296 g/mol. The molecule has 5 heteroatoms. The van der Waals surface area contributed by atoms with Crippen LogP contribution in [0.3, 0.4) is 0 Å². The van der Waals surface area contributed by atoms with E-state index in [0.717, 1.165) is 0 Å². The van der Waals surface area contributed by atoms with Crippen LogP contribution in [-0.4, -0.2) is 24.2 Å². The topological polar surface area (TPSA) is 82.3 Å². The molecule has 5 nitrogen and oxygen atoms in total. The lowest BCUT2D eigenvalue weighted by molar-refractivity contribution is 0.0949. The molecule has 0 aliphatic carbocycles. The maximum atomic E-state index is 12.1. The molecule has 0 aliphatic rings. The van der Waals surface area contributed by atoms with Crippen molar-refractivity contribution in [2.45, 2.75) is 6.42 Å². The number of carbonyl (C=O) groups excluding carboxylic acids is 1. The number of aliphatic hydroxyl groups is 1. The van der Waals surface area contributed by atoms with Gasteiger partial charge in [0.15, 0.2) is 0 Å². The molecule has 0 aromatic heterocycles. The number of nitrogens with zero attached hydrogens (tertiary/aromatic N) is 1. The molecule has 0 heterocycles. The van der Waals surface area contributed by atoms with Gasteiger partial charge in [-0.25, -0.2) is 0 Å². The Morgan fingerprint density at radius 1 is 1.14 bits per heavy atom. The lowest BCUT2D eigenvalue weighted by Crippen LogP contribution is -2.25. The highest BCUT2D eigenvalue weighted by Crippen LogP contribution is 2.27. The molecule has 2 aromatic carbocycles. The first-order valence-electron chi connectivity index (χ1n) is 6.91. The van der Waals surface area contributed by atoms with E-state index in [1.807, 2.05) is 0 Å². The average Bonchev–Trinajstić information content (AvgIpc) is 2.56. The molecule has 1 amide bonds. The molecule has 0 bridgehead atoms. The van der Waals surface area contributed by atoms with Gasteiger partial charge in [0.2, 0.25) is 0 Å². The summed E-state index contributed by atoms with van der Waals surface area (Å²) in [6.07, 6.45) is 0.492. The Balaban J connectivity index is 2.22. The first-order chi connectivity index (χ1) is 10.8. The fourth-order valence-electron chi connectivity index (χ4n) is 1.89. The summed E-state index contributed by atoms with van der Waals surface area (Å²) >= 11 is 0. The maximum Gasteiger partial charge on any atom is 0.255 e. The normalized spacial score (nSPS) is 9.82. The monoisotopic (exact) mass is 296 g/mol. The fourth-order valence-corrected chi connectivity index (χ4v) is 1.89. The Morgan fingerprint density at radius 2 is 1.82 bits per heavy atom. The SMILES string of the molecule is N#Cc1ccccc1Oc1ccccc1C(=O)NCCCO. The fraction of sp³-hybridized carbons (Fsp3) is 0.176. The van der Waals surface area contributed by atoms with E-state index in [0.29, 0.717) is 35.6 Å². The number of hydrogen-bond acceptors (Lipinski definition) is 4. The largest absolute Gasteiger partial charge is 0.455 e. The van der Waals surface area contributed by atoms with Crippen molar-refractivity contribution in [3.05, 3.63) is 59.7 Å². The molecular weight excluding hydrogens is 280 g/mol. The summed E-state index contributed by atoms with van der Waals surface area (Å²) in [5.41, 5.74) is 0.783. The molecule has 0 atom stereocenters. The third kappa shape index (κ3) is 3.84. The van der Waals surface area contributed by atoms with Crippen molar-refractivity contribution in [3.63, 3.8) is 0 Å². The summed E-state index contributed by atoms with van der Waals surface area (Å²) in [4.78, 5) is 12.1. The van der Waals surface area contributed by atoms with Crippen LogP contribution in [-0.2, 0) is 0 Å². The maximum absolute atomic E-state index is 12.1. The van der Waals surface area contributed by atoms with Crippen LogP contribution in [0.15, 0.2) is 48.5 Å². The summed E-state index contributed by atoms with van der Waals surface area (Å²) in [5, 5.41) is 20.5. The molecule has 0 spiro atoms. The zero-order chi connectivity index (χ0) is 15.8. The van der Waals surface area contributed by atoms with Crippen molar-refractivity contribution in [3.8, 4) is 17.6 Å². The van der Waals surface area contributed by atoms with E-state index in [1.54, 1.807) is 48.5 Å². The minimum absolute atomic E-state index is 0.0218. The third-order valence-corrected chi connectivity index (χ3v) is 2.98. The summed E-state index contributed by atoms with van der Waals surface area (Å²) in [5.74, 6) is 0.505. The Kier molecular flexibility index (Phi) is 5.52. The molecule has 0 aliphatic heterocycles. The van der Waals surface area contributed by atoms with Crippen LogP contribution in [0.4, 0.5) is 0 Å². The minimum Gasteiger partial charge on any atom is -0.455 e. The van der Waals surface area contributed by atoms with E-state index in [4.69, 9.17) is 15.1 Å². The zero-order valence-corrected chi connectivity index (χ0v) is 12.0. The van der Waals surface area contributed by atoms with Gasteiger partial charge in [0.1, 0.15) is 17.6 Å². The molecule has 2 aromatic rings. The highest BCUT2D eigenvalue weighted by atomic mass is 16.5. The summed E-state index contributed by atoms with van der Waals surface area (Å²) in [6, 6.07) is 15.7. The van der Waals surface area contributed by atoms with Crippen molar-refractivity contribution >= 4 is 5.91 Å². The number of rotatable bonds is 6. The standard InChI is InChI=1S/C17H16N2O3/c18-12-13-6-1-3-8-15(13)22-16-9-4-2-7-14(16)17(21)19-10-5-11-20/h1-4,6-9,20H,5,10-11H2,(H,19,21). The number of amides is 1. The quantitative estimate of drug-likeness (QED) is 0.802. The van der Waals surface area contributed by atoms with Gasteiger partial charge in [0.25, 0.3) is 5.91 Å². The van der Waals surface area contributed by atoms with Crippen molar-refractivity contribution in [2.75, 3.05) is 13.2 Å². The zero-order valence-electron chi connectivity index (χ0n) is 12.0. The molecule has 0 radical (unpaired) electrons. The number of nitrogens with one attached hydrogen (secondary N) is 1. The minimum atomic E-state index is -0.279. The predicted molar refractivity (Wildman–Crippen MR) is 81.7 cm³/mol. The molecule has 0 fully saturated rings. The highest BCUT2D eigenvalue weighted by molar-refractivity contribution is 5.97. The first kappa shape index (κ1) is 15.5. The van der Waals surface area contributed by atoms with Crippen molar-refractivity contribution < 1.29 is 14.6 Å². The number of aliphatic hydroxyl groups excluding tert-OH is 1. The lowest BCUT2D eigenvalue weighted by atomic mass is 10.1. The molecular formula is C17H16N2O3. The van der Waals surface area contributed by atoms with Crippen molar-refractivity contribution in [1.29, 1.82) is 5.26 Å². The second-order valence-electron chi connectivity index (χ2n) is 4.54. The lowest BCUT2D eigenvalue weighted by Gasteiger charge is -2.12. The Labute approximate surface area is 128 Å². The summed E-state index contributed by atoms with van der Waals surface area (Å²) in [7, 11) is 0. The number of benzene rings is 2. The van der Waals surface area contributed by atoms with E-state index in [1.165, 1.54) is 0 Å². The van der Waals surface area contributed by atoms with Gasteiger partial charge < -0.3 is 15.2 Å². The van der Waals surface area contributed by atoms with E-state index in [-0.39, 0.29) is 12.5 Å². The van der Waals surface area contributed by atoms with Crippen LogP contribution in [0.2, 0.25) is 0 Å². The predicted octanol–water partition coefficient (Wildman–Crippen LogP) is 2.46. The number of carbonyl (C=O) groups is 1. The molecule has 22 heavy (non-hydrogen) atoms. The van der Waals surface area contributed by atoms with E-state index in [2.05, 4.69) is 11.4 Å². The van der Waals surface area contributed by atoms with E-state index >= 15 is 0 Å². The van der Waals surface area contributed by atoms with Gasteiger partial charge in [-0.05, 0) is 30.7 Å². The number of para-hydroxylation sites is 2. The molecule has 0 saturated carbocycles. The van der Waals surface area contributed by atoms with Crippen molar-refractivity contribution in [1.82, 2.24) is 5.32 Å². The van der Waals surface area contributed by atoms with Gasteiger partial charge in [-0.2, -0.15) is 5.26 Å². The number of hydrogen-bond donors (Lipinski definition) is 2. The van der Waals surface area contributed by atoms with Gasteiger partial charge in [-0.3, -0.25) is 4.79 Å². The van der Waals surface area contributed by atoms with Gasteiger partial charge in [0, 0.05) is 13.2 Å². The van der Waals surface area contributed by atoms with Crippen LogP contribution in [0.5, 0.6) is 11.5 Å². The van der Waals surface area contributed by atoms with Gasteiger partial charge in [-0.1, -0.05) is 24.3 Å². The van der Waals surface area contributed by atoms with Crippen LogP contribution in [0, 0.1) is 11.3 Å². The Morgan fingerprint density at radius 3 is 2.55 bits per heavy atom. The first-order valence-corrected chi connectivity index (χ1v) is 6.91. The summed E-state index contributed by atoms with van der Waals surface area (Å²) in [6.45, 7) is 0.409. The van der Waals surface area contributed by atoms with E-state index < -0.39 is 0 Å². The Hall–Kier alpha value is -2.84. The molecule has 112 valence electrons. The van der Waals surface area contributed by atoms with Gasteiger partial charge in [0.05, 0.1) is 11.1 Å². The van der Waals surface area contributed by atoms with Crippen LogP contribution in [0.1, 0.15) is 22.3 Å². The Bertz CT molecular complexity index is 692. The second kappa shape index (κ2) is 7.81. The van der Waals surface area contributed by atoms with E-state index in [9.17, 15) is 4.79 Å². The van der Waals surface area contributed by atoms with Gasteiger partial charge >= 0.3 is 0 Å². The van der Waals surface area contributed by atoms with Gasteiger partial charge in [-0.15, -0.1) is 0 Å². The third-order valence-electron chi connectivity index (χ3n) is 2.98. The molecule has 2 rings (SSSR count). The van der Waals surface area contributed by atoms with Crippen molar-refractivity contribution in [2.24, 2.45) is 0 Å². The molecule has 2 N–H and O–H groups in total. The van der Waals surface area contributed by atoms with Crippen LogP contribution >= 0.6 is 0 Å². The number of ether oxygens (including phenoxy) is 1. The molecule has 0 saturated heterocycles. The smallest absolute Gasteiger partial charge is 0.255 e. The summed E-state index contributed by atoms with van der Waals surface area (Å²) < 4.78 is 5.73. The number of nitriles is 1.